The van der Waals surface area contributed by atoms with Crippen LogP contribution in [0.4, 0.5) is 0 Å². The minimum absolute atomic E-state index is 0.0287. The lowest BCUT2D eigenvalue weighted by Crippen LogP contribution is -2.46. The van der Waals surface area contributed by atoms with E-state index >= 15 is 0 Å². The number of hydrogen-bond donors (Lipinski definition) is 0. The first-order valence-electron chi connectivity index (χ1n) is 12.2. The van der Waals surface area contributed by atoms with Gasteiger partial charge in [0, 0.05) is 43.6 Å². The van der Waals surface area contributed by atoms with Crippen LogP contribution in [0.25, 0.3) is 0 Å². The first-order valence-corrected chi connectivity index (χ1v) is 12.2. The predicted molar refractivity (Wildman–Crippen MR) is 136 cm³/mol. The zero-order chi connectivity index (χ0) is 24.6. The molecule has 35 heavy (non-hydrogen) atoms. The van der Waals surface area contributed by atoms with Crippen LogP contribution in [-0.2, 0) is 17.7 Å². The Kier molecular flexibility index (Phi) is 8.27. The van der Waals surface area contributed by atoms with Gasteiger partial charge < -0.3 is 9.64 Å². The Morgan fingerprint density at radius 2 is 1.66 bits per heavy atom. The van der Waals surface area contributed by atoms with E-state index in [0.717, 1.165) is 25.8 Å². The number of carbonyl (C=O) groups is 2. The molecule has 3 aromatic rings. The van der Waals surface area contributed by atoms with Crippen molar-refractivity contribution in [3.8, 4) is 0 Å². The fourth-order valence-electron chi connectivity index (χ4n) is 5.00. The fraction of sp³-hybridized carbons (Fsp3) is 0.345. The van der Waals surface area contributed by atoms with Gasteiger partial charge in [0.05, 0.1) is 12.7 Å². The number of amides is 1. The van der Waals surface area contributed by atoms with E-state index in [9.17, 15) is 9.59 Å². The molecule has 0 aliphatic carbocycles. The van der Waals surface area contributed by atoms with Crippen LogP contribution in [0.15, 0.2) is 79.1 Å². The maximum Gasteiger partial charge on any atom is 0.337 e. The minimum atomic E-state index is -0.431. The molecule has 1 atom stereocenters. The number of piperidine rings is 1. The summed E-state index contributed by atoms with van der Waals surface area (Å²) >= 11 is 0. The highest BCUT2D eigenvalue weighted by Gasteiger charge is 2.31. The summed E-state index contributed by atoms with van der Waals surface area (Å²) in [7, 11) is 3.54. The molecule has 1 amide bonds. The average Bonchev–Trinajstić information content (AvgIpc) is 2.92. The van der Waals surface area contributed by atoms with Gasteiger partial charge in [-0.1, -0.05) is 36.4 Å². The standard InChI is InChI=1S/C29H33N3O3/c1-31(21-23-11-15-30-16-12-23)27(19-22-7-4-3-5-8-22)24-13-17-32(18-14-24)28(33)25-9-6-10-26(20-25)29(34)35-2/h3-12,15-16,20,24,27H,13-14,17-19,21H2,1-2H3. The number of likely N-dealkylation sites (tertiary alicyclic amines) is 1. The number of hydrogen-bond acceptors (Lipinski definition) is 5. The van der Waals surface area contributed by atoms with Gasteiger partial charge in [0.15, 0.2) is 0 Å². The largest absolute Gasteiger partial charge is 0.465 e. The van der Waals surface area contributed by atoms with Gasteiger partial charge in [-0.2, -0.15) is 0 Å². The molecule has 0 spiro atoms. The van der Waals surface area contributed by atoms with E-state index in [2.05, 4.69) is 59.4 Å². The van der Waals surface area contributed by atoms with Gasteiger partial charge in [0.1, 0.15) is 0 Å². The van der Waals surface area contributed by atoms with Gasteiger partial charge in [0.2, 0.25) is 0 Å². The molecule has 6 heteroatoms. The summed E-state index contributed by atoms with van der Waals surface area (Å²) in [5.74, 6) is 0.0193. The Labute approximate surface area is 207 Å². The Morgan fingerprint density at radius 3 is 2.34 bits per heavy atom. The van der Waals surface area contributed by atoms with E-state index < -0.39 is 5.97 Å². The molecular formula is C29H33N3O3. The minimum Gasteiger partial charge on any atom is -0.465 e. The van der Waals surface area contributed by atoms with Crippen molar-refractivity contribution < 1.29 is 14.3 Å². The molecule has 0 saturated carbocycles. The topological polar surface area (TPSA) is 62.7 Å². The van der Waals surface area contributed by atoms with E-state index in [-0.39, 0.29) is 5.91 Å². The molecule has 1 fully saturated rings. The van der Waals surface area contributed by atoms with E-state index in [4.69, 9.17) is 4.74 Å². The van der Waals surface area contributed by atoms with Gasteiger partial charge >= 0.3 is 5.97 Å². The van der Waals surface area contributed by atoms with Crippen LogP contribution in [0.3, 0.4) is 0 Å². The lowest BCUT2D eigenvalue weighted by Gasteiger charge is -2.40. The SMILES string of the molecule is COC(=O)c1cccc(C(=O)N2CCC(C(Cc3ccccc3)N(C)Cc3ccncc3)CC2)c1. The first kappa shape index (κ1) is 24.6. The number of benzene rings is 2. The summed E-state index contributed by atoms with van der Waals surface area (Å²) < 4.78 is 4.80. The third kappa shape index (κ3) is 6.34. The van der Waals surface area contributed by atoms with E-state index in [1.807, 2.05) is 17.3 Å². The van der Waals surface area contributed by atoms with Gasteiger partial charge in [-0.25, -0.2) is 4.79 Å². The van der Waals surface area contributed by atoms with Gasteiger partial charge in [0.25, 0.3) is 5.91 Å². The summed E-state index contributed by atoms with van der Waals surface area (Å²) in [6.45, 7) is 2.28. The Hall–Kier alpha value is -3.51. The number of rotatable bonds is 8. The molecule has 0 radical (unpaired) electrons. The summed E-state index contributed by atoms with van der Waals surface area (Å²) in [5, 5.41) is 0. The second-order valence-electron chi connectivity index (χ2n) is 9.23. The van der Waals surface area contributed by atoms with Crippen molar-refractivity contribution >= 4 is 11.9 Å². The van der Waals surface area contributed by atoms with Gasteiger partial charge in [-0.3, -0.25) is 14.7 Å². The van der Waals surface area contributed by atoms with Crippen molar-refractivity contribution in [2.75, 3.05) is 27.2 Å². The van der Waals surface area contributed by atoms with E-state index in [1.54, 1.807) is 24.3 Å². The normalized spacial score (nSPS) is 15.1. The van der Waals surface area contributed by atoms with Crippen LogP contribution in [-0.4, -0.2) is 59.9 Å². The molecule has 2 heterocycles. The Balaban J connectivity index is 1.44. The number of pyridine rings is 1. The molecular weight excluding hydrogens is 438 g/mol. The second-order valence-corrected chi connectivity index (χ2v) is 9.23. The van der Waals surface area contributed by atoms with Crippen LogP contribution in [0, 0.1) is 5.92 Å². The summed E-state index contributed by atoms with van der Waals surface area (Å²) in [6, 6.07) is 21.9. The molecule has 1 aromatic heterocycles. The number of carbonyl (C=O) groups excluding carboxylic acids is 2. The Bertz CT molecular complexity index is 1110. The van der Waals surface area contributed by atoms with Crippen molar-refractivity contribution in [2.24, 2.45) is 5.92 Å². The number of ether oxygens (including phenoxy) is 1. The molecule has 0 N–H and O–H groups in total. The van der Waals surface area contributed by atoms with Crippen LogP contribution < -0.4 is 0 Å². The molecule has 182 valence electrons. The zero-order valence-electron chi connectivity index (χ0n) is 20.5. The zero-order valence-corrected chi connectivity index (χ0v) is 20.5. The highest BCUT2D eigenvalue weighted by molar-refractivity contribution is 5.97. The lowest BCUT2D eigenvalue weighted by atomic mass is 9.84. The molecule has 4 rings (SSSR count). The number of methoxy groups -OCH3 is 1. The third-order valence-corrected chi connectivity index (χ3v) is 6.94. The first-order chi connectivity index (χ1) is 17.0. The molecule has 6 nitrogen and oxygen atoms in total. The molecule has 1 aliphatic rings. The smallest absolute Gasteiger partial charge is 0.337 e. The quantitative estimate of drug-likeness (QED) is 0.454. The lowest BCUT2D eigenvalue weighted by molar-refractivity contribution is 0.0599. The highest BCUT2D eigenvalue weighted by atomic mass is 16.5. The Morgan fingerprint density at radius 1 is 0.971 bits per heavy atom. The predicted octanol–water partition coefficient (Wildman–Crippen LogP) is 4.46. The van der Waals surface area contributed by atoms with Crippen molar-refractivity contribution in [2.45, 2.75) is 31.8 Å². The molecule has 1 aliphatic heterocycles. The maximum absolute atomic E-state index is 13.2. The monoisotopic (exact) mass is 471 g/mol. The number of likely N-dealkylation sites (N-methyl/N-ethyl adjacent to an activating group) is 1. The van der Waals surface area contributed by atoms with Crippen molar-refractivity contribution in [3.05, 3.63) is 101 Å². The van der Waals surface area contributed by atoms with Gasteiger partial charge in [-0.15, -0.1) is 0 Å². The summed E-state index contributed by atoms with van der Waals surface area (Å²) in [4.78, 5) is 33.5. The average molecular weight is 472 g/mol. The third-order valence-electron chi connectivity index (χ3n) is 6.94. The van der Waals surface area contributed by atoms with Crippen LogP contribution in [0.2, 0.25) is 0 Å². The van der Waals surface area contributed by atoms with Crippen molar-refractivity contribution in [3.63, 3.8) is 0 Å². The van der Waals surface area contributed by atoms with Gasteiger partial charge in [-0.05, 0) is 73.7 Å². The van der Waals surface area contributed by atoms with E-state index in [1.165, 1.54) is 18.2 Å². The number of aromatic nitrogens is 1. The number of nitrogens with zero attached hydrogens (tertiary/aromatic N) is 3. The second kappa shape index (κ2) is 11.8. The molecule has 1 unspecified atom stereocenters. The van der Waals surface area contributed by atoms with Crippen LogP contribution in [0.1, 0.15) is 44.7 Å². The molecule has 1 saturated heterocycles. The number of esters is 1. The molecule has 0 bridgehead atoms. The molecule has 2 aromatic carbocycles. The van der Waals surface area contributed by atoms with E-state index in [0.29, 0.717) is 36.2 Å². The highest BCUT2D eigenvalue weighted by Crippen LogP contribution is 2.28. The summed E-state index contributed by atoms with van der Waals surface area (Å²) in [6.07, 6.45) is 6.55. The van der Waals surface area contributed by atoms with Crippen molar-refractivity contribution in [1.29, 1.82) is 0 Å². The summed E-state index contributed by atoms with van der Waals surface area (Å²) in [5.41, 5.74) is 3.51. The van der Waals surface area contributed by atoms with Crippen LogP contribution >= 0.6 is 0 Å². The van der Waals surface area contributed by atoms with Crippen LogP contribution in [0.5, 0.6) is 0 Å². The fourth-order valence-corrected chi connectivity index (χ4v) is 5.00. The maximum atomic E-state index is 13.2. The van der Waals surface area contributed by atoms with Crippen molar-refractivity contribution in [1.82, 2.24) is 14.8 Å².